The number of nitrogens with one attached hydrogen (secondary N) is 2. The number of benzene rings is 2. The zero-order valence-corrected chi connectivity index (χ0v) is 18.4. The van der Waals surface area contributed by atoms with E-state index in [1.807, 2.05) is 13.0 Å². The Hall–Kier alpha value is -3.82. The van der Waals surface area contributed by atoms with Gasteiger partial charge >= 0.3 is 0 Å². The molecule has 0 saturated carbocycles. The van der Waals surface area contributed by atoms with E-state index < -0.39 is 6.04 Å². The number of imidazole rings is 1. The molecule has 8 nitrogen and oxygen atoms in total. The fraction of sp³-hybridized carbons (Fsp3) is 0.130. The lowest BCUT2D eigenvalue weighted by Gasteiger charge is -2.16. The third-order valence-electron chi connectivity index (χ3n) is 4.90. The molecule has 1 amide bonds. The zero-order chi connectivity index (χ0) is 23.4. The van der Waals surface area contributed by atoms with Gasteiger partial charge in [0.1, 0.15) is 23.7 Å². The van der Waals surface area contributed by atoms with Crippen LogP contribution in [0.15, 0.2) is 67.3 Å². The third kappa shape index (κ3) is 5.33. The fourth-order valence-corrected chi connectivity index (χ4v) is 3.41. The molecule has 0 aliphatic heterocycles. The first-order valence-corrected chi connectivity index (χ1v) is 10.5. The highest BCUT2D eigenvalue weighted by molar-refractivity contribution is 6.30. The van der Waals surface area contributed by atoms with E-state index in [1.165, 1.54) is 18.5 Å². The van der Waals surface area contributed by atoms with Crippen molar-refractivity contribution in [1.82, 2.24) is 24.8 Å². The Morgan fingerprint density at radius 1 is 1.21 bits per heavy atom. The van der Waals surface area contributed by atoms with Gasteiger partial charge in [-0.2, -0.15) is 4.98 Å². The van der Waals surface area contributed by atoms with Crippen LogP contribution in [0.3, 0.4) is 0 Å². The van der Waals surface area contributed by atoms with Crippen LogP contribution >= 0.6 is 11.6 Å². The number of anilines is 2. The molecule has 1 atom stereocenters. The number of hydrogen-bond donors (Lipinski definition) is 3. The maximum absolute atomic E-state index is 13.1. The van der Waals surface area contributed by atoms with E-state index in [1.54, 1.807) is 47.3 Å². The number of halogens is 2. The molecule has 4 N–H and O–H groups in total. The maximum Gasteiger partial charge on any atom is 0.272 e. The first-order valence-electron chi connectivity index (χ1n) is 10.1. The highest BCUT2D eigenvalue weighted by Gasteiger charge is 2.18. The second kappa shape index (κ2) is 9.76. The van der Waals surface area contributed by atoms with E-state index >= 15 is 0 Å². The van der Waals surface area contributed by atoms with Gasteiger partial charge in [-0.3, -0.25) is 9.36 Å². The van der Waals surface area contributed by atoms with Crippen LogP contribution in [0, 0.1) is 12.7 Å². The average molecular weight is 466 g/mol. The predicted molar refractivity (Wildman–Crippen MR) is 124 cm³/mol. The Labute approximate surface area is 194 Å². The summed E-state index contributed by atoms with van der Waals surface area (Å²) in [6.07, 6.45) is 4.73. The van der Waals surface area contributed by atoms with Crippen LogP contribution in [0.25, 0.3) is 5.82 Å². The van der Waals surface area contributed by atoms with Gasteiger partial charge in [0.2, 0.25) is 5.95 Å². The van der Waals surface area contributed by atoms with Gasteiger partial charge in [-0.25, -0.2) is 14.4 Å². The molecule has 0 spiro atoms. The molecular formula is C23H21ClFN7O. The van der Waals surface area contributed by atoms with Crippen LogP contribution in [-0.4, -0.2) is 32.0 Å². The largest absolute Gasteiger partial charge is 0.343 e. The van der Waals surface area contributed by atoms with Gasteiger partial charge in [0.25, 0.3) is 5.91 Å². The van der Waals surface area contributed by atoms with E-state index in [9.17, 15) is 9.18 Å². The molecule has 2 heterocycles. The van der Waals surface area contributed by atoms with E-state index in [2.05, 4.69) is 25.6 Å². The van der Waals surface area contributed by atoms with Crippen molar-refractivity contribution in [3.63, 3.8) is 0 Å². The molecule has 2 aromatic carbocycles. The molecule has 0 saturated heterocycles. The molecule has 0 aliphatic carbocycles. The highest BCUT2D eigenvalue weighted by Crippen LogP contribution is 2.19. The summed E-state index contributed by atoms with van der Waals surface area (Å²) in [5.74, 6) is 0.167. The topological polar surface area (TPSA) is 111 Å². The summed E-state index contributed by atoms with van der Waals surface area (Å²) in [4.78, 5) is 25.8. The second-order valence-electron chi connectivity index (χ2n) is 7.32. The number of nitrogens with zero attached hydrogens (tertiary/aromatic N) is 4. The predicted octanol–water partition coefficient (Wildman–Crippen LogP) is 3.94. The zero-order valence-electron chi connectivity index (χ0n) is 17.7. The lowest BCUT2D eigenvalue weighted by molar-refractivity contribution is 0.0933. The van der Waals surface area contributed by atoms with Gasteiger partial charge in [0, 0.05) is 35.2 Å². The van der Waals surface area contributed by atoms with Crippen LogP contribution in [0.1, 0.15) is 27.7 Å². The van der Waals surface area contributed by atoms with Crippen LogP contribution < -0.4 is 16.4 Å². The van der Waals surface area contributed by atoms with Crippen molar-refractivity contribution in [2.75, 3.05) is 11.9 Å². The number of carbonyl (C=O) groups excluding carboxylic acids is 1. The average Bonchev–Trinajstić information content (AvgIpc) is 3.30. The molecule has 0 fully saturated rings. The van der Waals surface area contributed by atoms with E-state index in [0.717, 1.165) is 11.1 Å². The van der Waals surface area contributed by atoms with Crippen molar-refractivity contribution in [3.05, 3.63) is 94.9 Å². The fourth-order valence-electron chi connectivity index (χ4n) is 3.21. The van der Waals surface area contributed by atoms with Crippen molar-refractivity contribution in [1.29, 1.82) is 0 Å². The minimum Gasteiger partial charge on any atom is -0.343 e. The lowest BCUT2D eigenvalue weighted by Crippen LogP contribution is -2.33. The summed E-state index contributed by atoms with van der Waals surface area (Å²) < 4.78 is 14.8. The molecular weight excluding hydrogens is 445 g/mol. The van der Waals surface area contributed by atoms with Gasteiger partial charge in [0.05, 0.1) is 6.04 Å². The van der Waals surface area contributed by atoms with E-state index in [-0.39, 0.29) is 24.0 Å². The highest BCUT2D eigenvalue weighted by atomic mass is 35.5. The van der Waals surface area contributed by atoms with Crippen molar-refractivity contribution in [2.45, 2.75) is 13.0 Å². The first kappa shape index (κ1) is 22.4. The minimum absolute atomic E-state index is 0.205. The van der Waals surface area contributed by atoms with Gasteiger partial charge in [-0.05, 0) is 48.9 Å². The number of carbonyl (C=O) groups is 1. The summed E-state index contributed by atoms with van der Waals surface area (Å²) in [6, 6.07) is 12.6. The summed E-state index contributed by atoms with van der Waals surface area (Å²) in [5, 5.41) is 6.47. The lowest BCUT2D eigenvalue weighted by atomic mass is 10.1. The number of amides is 1. The number of nitrogens with two attached hydrogens (primary N) is 1. The second-order valence-corrected chi connectivity index (χ2v) is 7.75. The van der Waals surface area contributed by atoms with E-state index in [4.69, 9.17) is 17.3 Å². The Morgan fingerprint density at radius 3 is 2.73 bits per heavy atom. The molecule has 4 rings (SSSR count). The summed E-state index contributed by atoms with van der Waals surface area (Å²) in [7, 11) is 0. The van der Waals surface area contributed by atoms with Crippen LogP contribution in [0.2, 0.25) is 5.02 Å². The van der Waals surface area contributed by atoms with Gasteiger partial charge < -0.3 is 16.4 Å². The molecule has 4 aromatic rings. The van der Waals surface area contributed by atoms with Crippen molar-refractivity contribution < 1.29 is 9.18 Å². The molecule has 0 aliphatic rings. The SMILES string of the molecule is Cc1cnc(Nc2ccc(F)cc2)nc1-n1cnc(C(=O)N[C@H](CN)c2cccc(Cl)c2)c1. The first-order chi connectivity index (χ1) is 15.9. The molecule has 168 valence electrons. The molecule has 0 unspecified atom stereocenters. The summed E-state index contributed by atoms with van der Waals surface area (Å²) in [5.41, 5.74) is 8.30. The molecule has 0 bridgehead atoms. The molecule has 2 aromatic heterocycles. The van der Waals surface area contributed by atoms with Crippen LogP contribution in [-0.2, 0) is 0 Å². The number of aryl methyl sites for hydroxylation is 1. The van der Waals surface area contributed by atoms with Crippen LogP contribution in [0.4, 0.5) is 16.0 Å². The Kier molecular flexibility index (Phi) is 6.62. The summed E-state index contributed by atoms with van der Waals surface area (Å²) in [6.45, 7) is 2.05. The van der Waals surface area contributed by atoms with E-state index in [0.29, 0.717) is 22.5 Å². The number of rotatable bonds is 7. The Balaban J connectivity index is 1.52. The number of hydrogen-bond acceptors (Lipinski definition) is 6. The summed E-state index contributed by atoms with van der Waals surface area (Å²) >= 11 is 6.05. The quantitative estimate of drug-likeness (QED) is 0.381. The van der Waals surface area contributed by atoms with Crippen molar-refractivity contribution >= 4 is 29.1 Å². The maximum atomic E-state index is 13.1. The standard InChI is InChI=1S/C23H21ClFN7O/c1-14-11-27-23(29-18-7-5-17(25)6-8-18)31-21(14)32-12-20(28-13-32)22(33)30-19(10-26)15-3-2-4-16(24)9-15/h2-9,11-13,19H,10,26H2,1H3,(H,30,33)(H,27,29,31)/t19-/m1/s1. The third-order valence-corrected chi connectivity index (χ3v) is 5.13. The number of aromatic nitrogens is 4. The monoisotopic (exact) mass is 465 g/mol. The van der Waals surface area contributed by atoms with Crippen LogP contribution in [0.5, 0.6) is 0 Å². The minimum atomic E-state index is -0.409. The Bertz CT molecular complexity index is 1280. The van der Waals surface area contributed by atoms with Crippen molar-refractivity contribution in [3.8, 4) is 5.82 Å². The van der Waals surface area contributed by atoms with Gasteiger partial charge in [-0.15, -0.1) is 0 Å². The van der Waals surface area contributed by atoms with Gasteiger partial charge in [-0.1, -0.05) is 23.7 Å². The smallest absolute Gasteiger partial charge is 0.272 e. The van der Waals surface area contributed by atoms with Gasteiger partial charge in [0.15, 0.2) is 0 Å². The van der Waals surface area contributed by atoms with Crippen molar-refractivity contribution in [2.24, 2.45) is 5.73 Å². The Morgan fingerprint density at radius 2 is 2.00 bits per heavy atom. The molecule has 10 heteroatoms. The molecule has 0 radical (unpaired) electrons. The normalized spacial score (nSPS) is 11.8. The molecule has 33 heavy (non-hydrogen) atoms.